The SMILES string of the molecule is CN(C)CCCN(CCC(=O)N1CCN(c2ccccc2)CC1)S(C)(=O)=O. The highest BCUT2D eigenvalue weighted by Gasteiger charge is 2.23. The third-order valence-electron chi connectivity index (χ3n) is 4.81. The lowest BCUT2D eigenvalue weighted by Gasteiger charge is -2.36. The van der Waals surface area contributed by atoms with Gasteiger partial charge < -0.3 is 14.7 Å². The lowest BCUT2D eigenvalue weighted by molar-refractivity contribution is -0.131. The topological polar surface area (TPSA) is 64.2 Å². The van der Waals surface area contributed by atoms with Crippen LogP contribution in [0.15, 0.2) is 30.3 Å². The molecule has 1 aliphatic rings. The molecule has 7 nitrogen and oxygen atoms in total. The molecule has 1 aromatic rings. The van der Waals surface area contributed by atoms with Gasteiger partial charge >= 0.3 is 0 Å². The standard InChI is InChI=1S/C19H32N4O3S/c1-20(2)11-7-12-23(27(3,25)26)13-10-19(24)22-16-14-21(15-17-22)18-8-5-4-6-9-18/h4-6,8-9H,7,10-17H2,1-3H3. The quantitative estimate of drug-likeness (QED) is 0.622. The second-order valence-corrected chi connectivity index (χ2v) is 9.25. The van der Waals surface area contributed by atoms with Crippen molar-refractivity contribution in [3.63, 3.8) is 0 Å². The molecule has 0 N–H and O–H groups in total. The van der Waals surface area contributed by atoms with E-state index in [1.807, 2.05) is 42.1 Å². The second kappa shape index (κ2) is 10.1. The predicted octanol–water partition coefficient (Wildman–Crippen LogP) is 0.939. The molecule has 1 aromatic carbocycles. The minimum absolute atomic E-state index is 0.0315. The summed E-state index contributed by atoms with van der Waals surface area (Å²) >= 11 is 0. The van der Waals surface area contributed by atoms with Crippen LogP contribution in [-0.4, -0.2) is 94.6 Å². The van der Waals surface area contributed by atoms with E-state index in [1.54, 1.807) is 0 Å². The first-order chi connectivity index (χ1) is 12.8. The summed E-state index contributed by atoms with van der Waals surface area (Å²) < 4.78 is 25.4. The number of piperazine rings is 1. The number of nitrogens with zero attached hydrogens (tertiary/aromatic N) is 4. The van der Waals surface area contributed by atoms with Crippen LogP contribution in [0.1, 0.15) is 12.8 Å². The van der Waals surface area contributed by atoms with E-state index in [0.29, 0.717) is 19.6 Å². The first kappa shape index (κ1) is 21.7. The molecular formula is C19H32N4O3S. The van der Waals surface area contributed by atoms with Crippen LogP contribution in [0.2, 0.25) is 0 Å². The highest BCUT2D eigenvalue weighted by atomic mass is 32.2. The predicted molar refractivity (Wildman–Crippen MR) is 109 cm³/mol. The van der Waals surface area contributed by atoms with Crippen molar-refractivity contribution in [1.29, 1.82) is 0 Å². The van der Waals surface area contributed by atoms with Gasteiger partial charge in [0.1, 0.15) is 0 Å². The molecule has 0 unspecified atom stereocenters. The summed E-state index contributed by atoms with van der Waals surface area (Å²) in [4.78, 5) is 18.7. The van der Waals surface area contributed by atoms with Crippen molar-refractivity contribution in [3.8, 4) is 0 Å². The number of carbonyl (C=O) groups excluding carboxylic acids is 1. The van der Waals surface area contributed by atoms with E-state index in [4.69, 9.17) is 0 Å². The monoisotopic (exact) mass is 396 g/mol. The third kappa shape index (κ3) is 7.12. The van der Waals surface area contributed by atoms with Gasteiger partial charge in [0.2, 0.25) is 15.9 Å². The molecule has 0 saturated carbocycles. The molecule has 0 radical (unpaired) electrons. The van der Waals surface area contributed by atoms with Gasteiger partial charge in [-0.25, -0.2) is 12.7 Å². The van der Waals surface area contributed by atoms with E-state index in [1.165, 1.54) is 16.2 Å². The Bertz CT molecular complexity index is 686. The summed E-state index contributed by atoms with van der Waals surface area (Å²) in [5, 5.41) is 0. The summed E-state index contributed by atoms with van der Waals surface area (Å²) in [6.07, 6.45) is 2.20. The Morgan fingerprint density at radius 1 is 1.00 bits per heavy atom. The Morgan fingerprint density at radius 3 is 2.19 bits per heavy atom. The molecule has 0 aromatic heterocycles. The van der Waals surface area contributed by atoms with Gasteiger partial charge in [-0.1, -0.05) is 18.2 Å². The maximum Gasteiger partial charge on any atom is 0.224 e. The fourth-order valence-corrected chi connectivity index (χ4v) is 4.12. The maximum absolute atomic E-state index is 12.5. The van der Waals surface area contributed by atoms with Crippen LogP contribution < -0.4 is 4.90 Å². The Balaban J connectivity index is 1.80. The number of rotatable bonds is 9. The number of hydrogen-bond donors (Lipinski definition) is 0. The zero-order valence-corrected chi connectivity index (χ0v) is 17.5. The Kier molecular flexibility index (Phi) is 8.07. The van der Waals surface area contributed by atoms with E-state index in [9.17, 15) is 13.2 Å². The van der Waals surface area contributed by atoms with E-state index < -0.39 is 10.0 Å². The van der Waals surface area contributed by atoms with Crippen LogP contribution in [0, 0.1) is 0 Å². The highest BCUT2D eigenvalue weighted by molar-refractivity contribution is 7.88. The molecule has 1 saturated heterocycles. The van der Waals surface area contributed by atoms with Crippen molar-refractivity contribution in [2.75, 3.05) is 71.1 Å². The number of amides is 1. The van der Waals surface area contributed by atoms with Crippen LogP contribution in [0.5, 0.6) is 0 Å². The van der Waals surface area contributed by atoms with Gasteiger partial charge in [-0.3, -0.25) is 4.79 Å². The number of benzene rings is 1. The fraction of sp³-hybridized carbons (Fsp3) is 0.632. The summed E-state index contributed by atoms with van der Waals surface area (Å²) in [7, 11) is 0.625. The van der Waals surface area contributed by atoms with E-state index in [0.717, 1.165) is 26.1 Å². The van der Waals surface area contributed by atoms with Crippen LogP contribution in [0.25, 0.3) is 0 Å². The zero-order chi connectivity index (χ0) is 19.9. The molecule has 1 amide bonds. The largest absolute Gasteiger partial charge is 0.368 e. The molecule has 152 valence electrons. The number of carbonyl (C=O) groups is 1. The van der Waals surface area contributed by atoms with Crippen molar-refractivity contribution in [3.05, 3.63) is 30.3 Å². The zero-order valence-electron chi connectivity index (χ0n) is 16.7. The molecule has 0 aliphatic carbocycles. The Morgan fingerprint density at radius 2 is 1.63 bits per heavy atom. The average Bonchev–Trinajstić information content (AvgIpc) is 2.64. The van der Waals surface area contributed by atoms with Crippen molar-refractivity contribution in [2.45, 2.75) is 12.8 Å². The van der Waals surface area contributed by atoms with E-state index in [2.05, 4.69) is 17.0 Å². The maximum atomic E-state index is 12.5. The van der Waals surface area contributed by atoms with Crippen molar-refractivity contribution in [2.24, 2.45) is 0 Å². The summed E-state index contributed by atoms with van der Waals surface area (Å²) in [6, 6.07) is 10.2. The fourth-order valence-electron chi connectivity index (χ4n) is 3.24. The lowest BCUT2D eigenvalue weighted by Crippen LogP contribution is -2.49. The van der Waals surface area contributed by atoms with Gasteiger partial charge in [-0.05, 0) is 39.2 Å². The van der Waals surface area contributed by atoms with E-state index >= 15 is 0 Å². The second-order valence-electron chi connectivity index (χ2n) is 7.27. The van der Waals surface area contributed by atoms with Gasteiger partial charge in [-0.2, -0.15) is 0 Å². The Labute approximate surface area is 163 Å². The van der Waals surface area contributed by atoms with Crippen molar-refractivity contribution >= 4 is 21.6 Å². The Hall–Kier alpha value is -1.64. The molecular weight excluding hydrogens is 364 g/mol. The normalized spacial score (nSPS) is 15.6. The minimum Gasteiger partial charge on any atom is -0.368 e. The van der Waals surface area contributed by atoms with Gasteiger partial charge in [0.05, 0.1) is 6.26 Å². The molecule has 1 heterocycles. The molecule has 8 heteroatoms. The van der Waals surface area contributed by atoms with Crippen LogP contribution >= 0.6 is 0 Å². The average molecular weight is 397 g/mol. The minimum atomic E-state index is -3.30. The molecule has 0 atom stereocenters. The summed E-state index contributed by atoms with van der Waals surface area (Å²) in [5.74, 6) is 0.0315. The number of anilines is 1. The van der Waals surface area contributed by atoms with Crippen molar-refractivity contribution < 1.29 is 13.2 Å². The number of hydrogen-bond acceptors (Lipinski definition) is 5. The van der Waals surface area contributed by atoms with Crippen LogP contribution in [0.3, 0.4) is 0 Å². The molecule has 0 spiro atoms. The highest BCUT2D eigenvalue weighted by Crippen LogP contribution is 2.16. The third-order valence-corrected chi connectivity index (χ3v) is 6.11. The molecule has 1 fully saturated rings. The summed E-state index contributed by atoms with van der Waals surface area (Å²) in [5.41, 5.74) is 1.17. The number of para-hydroxylation sites is 1. The van der Waals surface area contributed by atoms with E-state index in [-0.39, 0.29) is 18.9 Å². The first-order valence-corrected chi connectivity index (χ1v) is 11.3. The van der Waals surface area contributed by atoms with Gasteiger partial charge in [0, 0.05) is 51.4 Å². The summed E-state index contributed by atoms with van der Waals surface area (Å²) in [6.45, 7) is 4.47. The van der Waals surface area contributed by atoms with Gasteiger partial charge in [-0.15, -0.1) is 0 Å². The molecule has 27 heavy (non-hydrogen) atoms. The van der Waals surface area contributed by atoms with Crippen molar-refractivity contribution in [1.82, 2.24) is 14.1 Å². The van der Waals surface area contributed by atoms with Gasteiger partial charge in [0.25, 0.3) is 0 Å². The number of sulfonamides is 1. The molecule has 2 rings (SSSR count). The molecule has 1 aliphatic heterocycles. The lowest BCUT2D eigenvalue weighted by atomic mass is 10.2. The van der Waals surface area contributed by atoms with Crippen LogP contribution in [-0.2, 0) is 14.8 Å². The smallest absolute Gasteiger partial charge is 0.224 e. The van der Waals surface area contributed by atoms with Gasteiger partial charge in [0.15, 0.2) is 0 Å². The molecule has 0 bridgehead atoms. The first-order valence-electron chi connectivity index (χ1n) is 9.45. The van der Waals surface area contributed by atoms with Crippen LogP contribution in [0.4, 0.5) is 5.69 Å².